The molecule has 0 N–H and O–H groups in total. The van der Waals surface area contributed by atoms with Crippen LogP contribution in [0.1, 0.15) is 41.1 Å². The van der Waals surface area contributed by atoms with E-state index in [1.54, 1.807) is 24.3 Å². The molecule has 3 aromatic carbocycles. The van der Waals surface area contributed by atoms with Crippen molar-refractivity contribution in [1.29, 1.82) is 0 Å². The summed E-state index contributed by atoms with van der Waals surface area (Å²) >= 11 is 0. The van der Waals surface area contributed by atoms with Crippen molar-refractivity contribution in [1.82, 2.24) is 0 Å². The molecule has 1 aliphatic rings. The van der Waals surface area contributed by atoms with Crippen molar-refractivity contribution < 1.29 is 23.1 Å². The summed E-state index contributed by atoms with van der Waals surface area (Å²) < 4.78 is 31.0. The summed E-state index contributed by atoms with van der Waals surface area (Å²) in [5.41, 5.74) is 1.09. The number of benzene rings is 3. The van der Waals surface area contributed by atoms with Gasteiger partial charge in [0.25, 0.3) is 5.91 Å². The molecule has 5 rings (SSSR count). The van der Waals surface area contributed by atoms with Crippen molar-refractivity contribution in [3.63, 3.8) is 0 Å². The normalized spacial score (nSPS) is 15.0. The van der Waals surface area contributed by atoms with Crippen LogP contribution in [0.2, 0.25) is 0 Å². The molecule has 6 nitrogen and oxygen atoms in total. The standard InChI is InChI=1S/C27H22FNO5/c1-3-12-33-20-9-4-6-16(13-20)24-23-25(30)21-14-17(28)10-11-22(21)34-26(23)27(31)29(24)18-7-5-8-19(15-18)32-2/h4-11,13-15,24H,3,12H2,1-2H3. The molecule has 172 valence electrons. The van der Waals surface area contributed by atoms with Crippen LogP contribution in [-0.4, -0.2) is 19.6 Å². The van der Waals surface area contributed by atoms with E-state index < -0.39 is 23.2 Å². The molecule has 1 aliphatic heterocycles. The number of hydrogen-bond donors (Lipinski definition) is 0. The molecular formula is C27H22FNO5. The van der Waals surface area contributed by atoms with Crippen LogP contribution in [-0.2, 0) is 0 Å². The van der Waals surface area contributed by atoms with Gasteiger partial charge in [-0.15, -0.1) is 0 Å². The molecule has 7 heteroatoms. The van der Waals surface area contributed by atoms with Crippen LogP contribution in [0.4, 0.5) is 10.1 Å². The topological polar surface area (TPSA) is 69.0 Å². The Kier molecular flexibility index (Phi) is 5.53. The second-order valence-corrected chi connectivity index (χ2v) is 8.01. The molecule has 0 fully saturated rings. The van der Waals surface area contributed by atoms with Crippen LogP contribution >= 0.6 is 0 Å². The summed E-state index contributed by atoms with van der Waals surface area (Å²) in [4.78, 5) is 28.8. The zero-order chi connectivity index (χ0) is 23.8. The summed E-state index contributed by atoms with van der Waals surface area (Å²) in [6.07, 6.45) is 0.839. The van der Waals surface area contributed by atoms with Gasteiger partial charge in [0.1, 0.15) is 22.9 Å². The van der Waals surface area contributed by atoms with E-state index in [-0.39, 0.29) is 22.3 Å². The van der Waals surface area contributed by atoms with Gasteiger partial charge >= 0.3 is 0 Å². The van der Waals surface area contributed by atoms with Gasteiger partial charge in [0.05, 0.1) is 30.7 Å². The first kappa shape index (κ1) is 21.7. The molecule has 0 saturated heterocycles. The number of ether oxygens (including phenoxy) is 2. The van der Waals surface area contributed by atoms with Crippen LogP contribution in [0.3, 0.4) is 0 Å². The predicted molar refractivity (Wildman–Crippen MR) is 126 cm³/mol. The van der Waals surface area contributed by atoms with Crippen molar-refractivity contribution in [2.45, 2.75) is 19.4 Å². The molecule has 1 amide bonds. The quantitative estimate of drug-likeness (QED) is 0.382. The Morgan fingerprint density at radius 3 is 2.59 bits per heavy atom. The number of fused-ring (bicyclic) bond motifs is 2. The monoisotopic (exact) mass is 459 g/mol. The maximum atomic E-state index is 14.0. The number of methoxy groups -OCH3 is 1. The molecule has 0 bridgehead atoms. The van der Waals surface area contributed by atoms with Crippen molar-refractivity contribution in [2.24, 2.45) is 0 Å². The van der Waals surface area contributed by atoms with Crippen LogP contribution in [0.5, 0.6) is 11.5 Å². The van der Waals surface area contributed by atoms with E-state index in [0.29, 0.717) is 29.4 Å². The van der Waals surface area contributed by atoms with Gasteiger partial charge in [0.2, 0.25) is 5.76 Å². The third kappa shape index (κ3) is 3.59. The van der Waals surface area contributed by atoms with Gasteiger partial charge in [-0.2, -0.15) is 0 Å². The minimum absolute atomic E-state index is 0.0585. The van der Waals surface area contributed by atoms with Gasteiger partial charge in [-0.1, -0.05) is 25.1 Å². The Balaban J connectivity index is 1.76. The fraction of sp³-hybridized carbons (Fsp3) is 0.185. The molecule has 0 spiro atoms. The van der Waals surface area contributed by atoms with Gasteiger partial charge in [0, 0.05) is 11.8 Å². The third-order valence-corrected chi connectivity index (χ3v) is 5.81. The molecule has 2 heterocycles. The fourth-order valence-electron chi connectivity index (χ4n) is 4.28. The number of rotatable bonds is 6. The van der Waals surface area contributed by atoms with E-state index in [4.69, 9.17) is 13.9 Å². The second-order valence-electron chi connectivity index (χ2n) is 8.01. The molecular weight excluding hydrogens is 437 g/mol. The number of hydrogen-bond acceptors (Lipinski definition) is 5. The number of anilines is 1. The lowest BCUT2D eigenvalue weighted by Crippen LogP contribution is -2.29. The lowest BCUT2D eigenvalue weighted by atomic mass is 9.98. The molecule has 1 atom stereocenters. The van der Waals surface area contributed by atoms with Crippen molar-refractivity contribution in [3.8, 4) is 11.5 Å². The number of nitrogens with zero attached hydrogens (tertiary/aromatic N) is 1. The van der Waals surface area contributed by atoms with Gasteiger partial charge in [-0.05, 0) is 54.4 Å². The SMILES string of the molecule is CCCOc1cccc(C2c3c(oc4ccc(F)cc4c3=O)C(=O)N2c2cccc(OC)c2)c1. The Hall–Kier alpha value is -4.13. The number of halogens is 1. The first-order chi connectivity index (χ1) is 16.5. The Morgan fingerprint density at radius 2 is 1.79 bits per heavy atom. The summed E-state index contributed by atoms with van der Waals surface area (Å²) in [5.74, 6) is 0.113. The summed E-state index contributed by atoms with van der Waals surface area (Å²) in [5, 5.41) is 0.0856. The highest BCUT2D eigenvalue weighted by atomic mass is 19.1. The van der Waals surface area contributed by atoms with E-state index in [1.165, 1.54) is 24.1 Å². The zero-order valence-electron chi connectivity index (χ0n) is 18.7. The van der Waals surface area contributed by atoms with Crippen molar-refractivity contribution in [2.75, 3.05) is 18.6 Å². The zero-order valence-corrected chi connectivity index (χ0v) is 18.7. The first-order valence-electron chi connectivity index (χ1n) is 11.0. The summed E-state index contributed by atoms with van der Waals surface area (Å²) in [7, 11) is 1.54. The average molecular weight is 459 g/mol. The number of carbonyl (C=O) groups is 1. The minimum atomic E-state index is -0.788. The minimum Gasteiger partial charge on any atom is -0.497 e. The van der Waals surface area contributed by atoms with Crippen molar-refractivity contribution >= 4 is 22.6 Å². The van der Waals surface area contributed by atoms with Crippen LogP contribution in [0.25, 0.3) is 11.0 Å². The van der Waals surface area contributed by atoms with Crippen molar-refractivity contribution in [3.05, 3.63) is 99.7 Å². The Labute approximate surface area is 195 Å². The van der Waals surface area contributed by atoms with Gasteiger partial charge in [0.15, 0.2) is 5.43 Å². The molecule has 4 aromatic rings. The molecule has 0 aliphatic carbocycles. The molecule has 34 heavy (non-hydrogen) atoms. The van der Waals surface area contributed by atoms with E-state index in [1.807, 2.05) is 31.2 Å². The molecule has 1 aromatic heterocycles. The maximum absolute atomic E-state index is 14.0. The van der Waals surface area contributed by atoms with Crippen LogP contribution < -0.4 is 19.8 Å². The largest absolute Gasteiger partial charge is 0.497 e. The highest BCUT2D eigenvalue weighted by Gasteiger charge is 2.44. The van der Waals surface area contributed by atoms with Gasteiger partial charge < -0.3 is 13.9 Å². The van der Waals surface area contributed by atoms with Crippen LogP contribution in [0, 0.1) is 5.82 Å². The Morgan fingerprint density at radius 1 is 1.00 bits per heavy atom. The average Bonchev–Trinajstić information content (AvgIpc) is 3.16. The summed E-state index contributed by atoms with van der Waals surface area (Å²) in [6, 6.07) is 17.2. The highest BCUT2D eigenvalue weighted by Crippen LogP contribution is 2.42. The number of amides is 1. The van der Waals surface area contributed by atoms with E-state index in [9.17, 15) is 14.0 Å². The van der Waals surface area contributed by atoms with Gasteiger partial charge in [-0.25, -0.2) is 4.39 Å². The maximum Gasteiger partial charge on any atom is 0.295 e. The predicted octanol–water partition coefficient (Wildman–Crippen LogP) is 5.48. The van der Waals surface area contributed by atoms with Crippen LogP contribution in [0.15, 0.2) is 75.9 Å². The molecule has 0 radical (unpaired) electrons. The Bertz CT molecular complexity index is 1460. The first-order valence-corrected chi connectivity index (χ1v) is 11.0. The van der Waals surface area contributed by atoms with E-state index in [0.717, 1.165) is 12.5 Å². The lowest BCUT2D eigenvalue weighted by Gasteiger charge is -2.26. The van der Waals surface area contributed by atoms with E-state index >= 15 is 0 Å². The van der Waals surface area contributed by atoms with E-state index in [2.05, 4.69) is 0 Å². The number of carbonyl (C=O) groups excluding carboxylic acids is 1. The lowest BCUT2D eigenvalue weighted by molar-refractivity contribution is 0.0971. The third-order valence-electron chi connectivity index (χ3n) is 5.81. The highest BCUT2D eigenvalue weighted by molar-refractivity contribution is 6.10. The summed E-state index contributed by atoms with van der Waals surface area (Å²) in [6.45, 7) is 2.55. The van der Waals surface area contributed by atoms with Gasteiger partial charge in [-0.3, -0.25) is 14.5 Å². The fourth-order valence-corrected chi connectivity index (χ4v) is 4.28. The molecule has 0 saturated carbocycles. The molecule has 1 unspecified atom stereocenters. The smallest absolute Gasteiger partial charge is 0.295 e. The second kappa shape index (κ2) is 8.67.